The van der Waals surface area contributed by atoms with Crippen molar-refractivity contribution in [1.82, 2.24) is 4.57 Å². The number of aromatic nitrogens is 1. The van der Waals surface area contributed by atoms with Crippen LogP contribution in [0.1, 0.15) is 54.2 Å². The lowest BCUT2D eigenvalue weighted by Crippen LogP contribution is -2.16. The van der Waals surface area contributed by atoms with E-state index < -0.39 is 0 Å². The Morgan fingerprint density at radius 3 is 2.45 bits per heavy atom. The van der Waals surface area contributed by atoms with Gasteiger partial charge in [-0.25, -0.2) is 4.79 Å². The molecule has 22 heavy (non-hydrogen) atoms. The first-order valence-electron chi connectivity index (χ1n) is 8.08. The van der Waals surface area contributed by atoms with Crippen molar-refractivity contribution >= 4 is 5.97 Å². The third-order valence-electron chi connectivity index (χ3n) is 4.71. The number of nitrogens with zero attached hydrogens (tertiary/aromatic N) is 1. The first-order chi connectivity index (χ1) is 10.7. The van der Waals surface area contributed by atoms with Gasteiger partial charge in [0, 0.05) is 17.4 Å². The second-order valence-corrected chi connectivity index (χ2v) is 6.05. The van der Waals surface area contributed by atoms with Crippen LogP contribution >= 0.6 is 0 Å². The number of rotatable bonds is 3. The fraction of sp³-hybridized carbons (Fsp3) is 0.421. The summed E-state index contributed by atoms with van der Waals surface area (Å²) in [6, 6.07) is 12.8. The van der Waals surface area contributed by atoms with Crippen molar-refractivity contribution in [3.63, 3.8) is 0 Å². The number of methoxy groups -OCH3 is 1. The Bertz CT molecular complexity index is 652. The molecular formula is C19H23NO2. The van der Waals surface area contributed by atoms with Gasteiger partial charge in [0.25, 0.3) is 0 Å². The standard InChI is InChI=1S/C19H23NO2/c1-14-17(19(21)22-2)13-18(15-9-5-3-6-10-15)20(14)16-11-7-4-8-12-16/h3,5-6,9-10,13,16H,4,7-8,11-12H2,1-2H3. The van der Waals surface area contributed by atoms with Gasteiger partial charge in [0.05, 0.1) is 12.7 Å². The Kier molecular flexibility index (Phi) is 4.32. The van der Waals surface area contributed by atoms with Gasteiger partial charge in [0.1, 0.15) is 0 Å². The summed E-state index contributed by atoms with van der Waals surface area (Å²) in [5.74, 6) is -0.246. The van der Waals surface area contributed by atoms with E-state index in [-0.39, 0.29) is 5.97 Å². The maximum Gasteiger partial charge on any atom is 0.339 e. The monoisotopic (exact) mass is 297 g/mol. The van der Waals surface area contributed by atoms with E-state index in [1.807, 2.05) is 31.2 Å². The number of ether oxygens (including phenoxy) is 1. The zero-order valence-corrected chi connectivity index (χ0v) is 13.3. The molecule has 0 saturated heterocycles. The van der Waals surface area contributed by atoms with Gasteiger partial charge in [0.2, 0.25) is 0 Å². The summed E-state index contributed by atoms with van der Waals surface area (Å²) < 4.78 is 7.32. The molecule has 0 aliphatic heterocycles. The molecule has 3 heteroatoms. The highest BCUT2D eigenvalue weighted by molar-refractivity contribution is 5.92. The Morgan fingerprint density at radius 1 is 1.14 bits per heavy atom. The number of hydrogen-bond acceptors (Lipinski definition) is 2. The average molecular weight is 297 g/mol. The first kappa shape index (κ1) is 14.9. The van der Waals surface area contributed by atoms with Crippen LogP contribution in [0.4, 0.5) is 0 Å². The summed E-state index contributed by atoms with van der Waals surface area (Å²) in [6.45, 7) is 2.04. The van der Waals surface area contributed by atoms with E-state index in [9.17, 15) is 4.79 Å². The summed E-state index contributed by atoms with van der Waals surface area (Å²) in [5.41, 5.74) is 4.00. The zero-order chi connectivity index (χ0) is 15.5. The zero-order valence-electron chi connectivity index (χ0n) is 13.3. The van der Waals surface area contributed by atoms with Crippen LogP contribution in [-0.4, -0.2) is 17.6 Å². The first-order valence-corrected chi connectivity index (χ1v) is 8.08. The molecule has 0 radical (unpaired) electrons. The van der Waals surface area contributed by atoms with Crippen LogP contribution in [0.25, 0.3) is 11.3 Å². The van der Waals surface area contributed by atoms with Crippen molar-refractivity contribution in [3.8, 4) is 11.3 Å². The van der Waals surface area contributed by atoms with Gasteiger partial charge >= 0.3 is 5.97 Å². The van der Waals surface area contributed by atoms with Crippen molar-refractivity contribution in [3.05, 3.63) is 47.7 Å². The van der Waals surface area contributed by atoms with Gasteiger partial charge in [-0.1, -0.05) is 49.6 Å². The van der Waals surface area contributed by atoms with Crippen LogP contribution in [0.2, 0.25) is 0 Å². The van der Waals surface area contributed by atoms with Crippen LogP contribution in [0.5, 0.6) is 0 Å². The van der Waals surface area contributed by atoms with E-state index in [1.54, 1.807) is 0 Å². The molecule has 0 N–H and O–H groups in total. The largest absolute Gasteiger partial charge is 0.465 e. The smallest absolute Gasteiger partial charge is 0.339 e. The minimum atomic E-state index is -0.246. The van der Waals surface area contributed by atoms with Crippen molar-refractivity contribution in [2.75, 3.05) is 7.11 Å². The van der Waals surface area contributed by atoms with Gasteiger partial charge in [-0.15, -0.1) is 0 Å². The summed E-state index contributed by atoms with van der Waals surface area (Å²) in [5, 5.41) is 0. The highest BCUT2D eigenvalue weighted by atomic mass is 16.5. The molecule has 1 fully saturated rings. The predicted octanol–water partition coefficient (Wildman–Crippen LogP) is 4.76. The highest BCUT2D eigenvalue weighted by Gasteiger charge is 2.24. The minimum absolute atomic E-state index is 0.246. The molecule has 3 rings (SSSR count). The fourth-order valence-corrected chi connectivity index (χ4v) is 3.58. The van der Waals surface area contributed by atoms with Gasteiger partial charge in [-0.05, 0) is 31.4 Å². The third-order valence-corrected chi connectivity index (χ3v) is 4.71. The van der Waals surface area contributed by atoms with Crippen LogP contribution in [-0.2, 0) is 4.74 Å². The van der Waals surface area contributed by atoms with E-state index in [0.29, 0.717) is 11.6 Å². The van der Waals surface area contributed by atoms with Gasteiger partial charge < -0.3 is 9.30 Å². The molecule has 0 unspecified atom stereocenters. The SMILES string of the molecule is COC(=O)c1cc(-c2ccccc2)n(C2CCCCC2)c1C. The molecule has 0 spiro atoms. The minimum Gasteiger partial charge on any atom is -0.465 e. The second kappa shape index (κ2) is 6.39. The number of carbonyl (C=O) groups is 1. The molecule has 2 aromatic rings. The van der Waals surface area contributed by atoms with Crippen molar-refractivity contribution in [1.29, 1.82) is 0 Å². The molecule has 1 aliphatic rings. The lowest BCUT2D eigenvalue weighted by atomic mass is 9.94. The topological polar surface area (TPSA) is 31.2 Å². The normalized spacial score (nSPS) is 15.7. The van der Waals surface area contributed by atoms with Gasteiger partial charge in [-0.2, -0.15) is 0 Å². The van der Waals surface area contributed by atoms with Gasteiger partial charge in [0.15, 0.2) is 0 Å². The summed E-state index contributed by atoms with van der Waals surface area (Å²) >= 11 is 0. The quantitative estimate of drug-likeness (QED) is 0.765. The summed E-state index contributed by atoms with van der Waals surface area (Å²) in [7, 11) is 1.45. The molecule has 1 aliphatic carbocycles. The van der Waals surface area contributed by atoms with Crippen molar-refractivity contribution < 1.29 is 9.53 Å². The molecule has 3 nitrogen and oxygen atoms in total. The van der Waals surface area contributed by atoms with E-state index in [0.717, 1.165) is 17.0 Å². The Balaban J connectivity index is 2.12. The molecule has 1 heterocycles. The van der Waals surface area contributed by atoms with Crippen LogP contribution in [0, 0.1) is 6.92 Å². The molecule has 1 aromatic heterocycles. The molecular weight excluding hydrogens is 274 g/mol. The maximum atomic E-state index is 12.1. The van der Waals surface area contributed by atoms with Crippen molar-refractivity contribution in [2.45, 2.75) is 45.1 Å². The Labute approximate surface area is 131 Å². The number of benzene rings is 1. The number of hydrogen-bond donors (Lipinski definition) is 0. The van der Waals surface area contributed by atoms with Crippen LogP contribution < -0.4 is 0 Å². The fourth-order valence-electron chi connectivity index (χ4n) is 3.58. The lowest BCUT2D eigenvalue weighted by molar-refractivity contribution is 0.0599. The lowest BCUT2D eigenvalue weighted by Gasteiger charge is -2.27. The average Bonchev–Trinajstić information content (AvgIpc) is 2.93. The highest BCUT2D eigenvalue weighted by Crippen LogP contribution is 2.36. The second-order valence-electron chi connectivity index (χ2n) is 6.05. The van der Waals surface area contributed by atoms with Crippen LogP contribution in [0.15, 0.2) is 36.4 Å². The predicted molar refractivity (Wildman–Crippen MR) is 88.1 cm³/mol. The Morgan fingerprint density at radius 2 is 1.82 bits per heavy atom. The summed E-state index contributed by atoms with van der Waals surface area (Å²) in [4.78, 5) is 12.1. The molecule has 116 valence electrons. The number of carbonyl (C=O) groups excluding carboxylic acids is 1. The molecule has 0 amide bonds. The van der Waals surface area contributed by atoms with Gasteiger partial charge in [-0.3, -0.25) is 0 Å². The van der Waals surface area contributed by atoms with Crippen LogP contribution in [0.3, 0.4) is 0 Å². The molecule has 1 aromatic carbocycles. The van der Waals surface area contributed by atoms with E-state index >= 15 is 0 Å². The number of esters is 1. The van der Waals surface area contributed by atoms with E-state index in [2.05, 4.69) is 16.7 Å². The van der Waals surface area contributed by atoms with E-state index in [4.69, 9.17) is 4.74 Å². The molecule has 0 atom stereocenters. The maximum absolute atomic E-state index is 12.1. The van der Waals surface area contributed by atoms with E-state index in [1.165, 1.54) is 39.2 Å². The summed E-state index contributed by atoms with van der Waals surface area (Å²) in [6.07, 6.45) is 6.24. The Hall–Kier alpha value is -2.03. The third kappa shape index (κ3) is 2.68. The van der Waals surface area contributed by atoms with Crippen molar-refractivity contribution in [2.24, 2.45) is 0 Å². The molecule has 1 saturated carbocycles. The molecule has 0 bridgehead atoms.